The van der Waals surface area contributed by atoms with E-state index in [0.717, 1.165) is 16.7 Å². The van der Waals surface area contributed by atoms with Crippen LogP contribution < -0.4 is 10.6 Å². The number of hydrogen-bond donors (Lipinski definition) is 2. The zero-order chi connectivity index (χ0) is 15.9. The summed E-state index contributed by atoms with van der Waals surface area (Å²) in [4.78, 5) is 2.18. The van der Waals surface area contributed by atoms with Gasteiger partial charge in [-0.3, -0.25) is 0 Å². The summed E-state index contributed by atoms with van der Waals surface area (Å²) in [5, 5.41) is 7.12. The monoisotopic (exact) mass is 377 g/mol. The molecule has 0 unspecified atom stereocenters. The molecule has 2 aromatic carbocycles. The number of likely N-dealkylation sites (N-methyl/N-ethyl adjacent to an activating group) is 1. The van der Waals surface area contributed by atoms with E-state index < -0.39 is 0 Å². The molecule has 1 atom stereocenters. The molecule has 0 saturated heterocycles. The standard InChI is InChI=1S/C17H20BrN3S/c1-21(2)16(13-7-4-3-5-8-13)12-19-17(22)20-15-10-6-9-14(18)11-15/h3-11,16H,12H2,1-2H3,(H2,19,20,22)/t16-/m1/s1. The molecule has 0 aliphatic heterocycles. The molecule has 0 aliphatic rings. The summed E-state index contributed by atoms with van der Waals surface area (Å²) in [6, 6.07) is 18.6. The summed E-state index contributed by atoms with van der Waals surface area (Å²) in [7, 11) is 4.15. The van der Waals surface area contributed by atoms with E-state index in [2.05, 4.69) is 69.8 Å². The number of thiocarbonyl (C=S) groups is 1. The van der Waals surface area contributed by atoms with Crippen LogP contribution in [0.5, 0.6) is 0 Å². The number of rotatable bonds is 5. The fourth-order valence-corrected chi connectivity index (χ4v) is 2.81. The Morgan fingerprint density at radius 1 is 1.14 bits per heavy atom. The number of nitrogens with one attached hydrogen (secondary N) is 2. The van der Waals surface area contributed by atoms with Crippen molar-refractivity contribution in [1.29, 1.82) is 0 Å². The van der Waals surface area contributed by atoms with E-state index in [1.807, 2.05) is 30.3 Å². The van der Waals surface area contributed by atoms with Crippen LogP contribution in [0.4, 0.5) is 5.69 Å². The lowest BCUT2D eigenvalue weighted by Crippen LogP contribution is -2.36. The molecule has 0 bridgehead atoms. The van der Waals surface area contributed by atoms with E-state index in [9.17, 15) is 0 Å². The molecule has 2 N–H and O–H groups in total. The normalized spacial score (nSPS) is 12.0. The number of halogens is 1. The third-order valence-electron chi connectivity index (χ3n) is 3.35. The van der Waals surface area contributed by atoms with Crippen LogP contribution in [0.15, 0.2) is 59.1 Å². The van der Waals surface area contributed by atoms with E-state index in [-0.39, 0.29) is 6.04 Å². The number of nitrogens with zero attached hydrogens (tertiary/aromatic N) is 1. The maximum absolute atomic E-state index is 5.38. The van der Waals surface area contributed by atoms with Crippen molar-refractivity contribution in [3.05, 3.63) is 64.6 Å². The Hall–Kier alpha value is -1.43. The molecule has 0 amide bonds. The van der Waals surface area contributed by atoms with Crippen molar-refractivity contribution in [3.8, 4) is 0 Å². The Morgan fingerprint density at radius 3 is 2.50 bits per heavy atom. The van der Waals surface area contributed by atoms with Crippen LogP contribution in [-0.2, 0) is 0 Å². The fraction of sp³-hybridized carbons (Fsp3) is 0.235. The van der Waals surface area contributed by atoms with Gasteiger partial charge in [-0.15, -0.1) is 0 Å². The molecule has 0 saturated carbocycles. The van der Waals surface area contributed by atoms with Crippen molar-refractivity contribution in [2.45, 2.75) is 6.04 Å². The Kier molecular flexibility index (Phi) is 6.36. The van der Waals surface area contributed by atoms with Crippen LogP contribution in [0, 0.1) is 0 Å². The molecule has 0 aromatic heterocycles. The number of anilines is 1. The fourth-order valence-electron chi connectivity index (χ4n) is 2.20. The quantitative estimate of drug-likeness (QED) is 0.768. The second-order valence-electron chi connectivity index (χ2n) is 5.24. The van der Waals surface area contributed by atoms with Crippen molar-refractivity contribution in [1.82, 2.24) is 10.2 Å². The van der Waals surface area contributed by atoms with Gasteiger partial charge >= 0.3 is 0 Å². The van der Waals surface area contributed by atoms with Gasteiger partial charge in [-0.05, 0) is 50.1 Å². The molecule has 3 nitrogen and oxygen atoms in total. The molecule has 0 spiro atoms. The minimum absolute atomic E-state index is 0.267. The minimum Gasteiger partial charge on any atom is -0.361 e. The molecular weight excluding hydrogens is 358 g/mol. The van der Waals surface area contributed by atoms with E-state index in [1.165, 1.54) is 5.56 Å². The smallest absolute Gasteiger partial charge is 0.170 e. The average Bonchev–Trinajstić information content (AvgIpc) is 2.48. The maximum Gasteiger partial charge on any atom is 0.170 e. The molecule has 22 heavy (non-hydrogen) atoms. The zero-order valence-electron chi connectivity index (χ0n) is 12.7. The first-order chi connectivity index (χ1) is 10.6. The molecule has 116 valence electrons. The predicted octanol–water partition coefficient (Wildman–Crippen LogP) is 4.04. The zero-order valence-corrected chi connectivity index (χ0v) is 15.1. The van der Waals surface area contributed by atoms with Crippen molar-refractivity contribution in [3.63, 3.8) is 0 Å². The molecule has 2 aromatic rings. The predicted molar refractivity (Wildman–Crippen MR) is 101 cm³/mol. The van der Waals surface area contributed by atoms with Gasteiger partial charge in [0.2, 0.25) is 0 Å². The lowest BCUT2D eigenvalue weighted by atomic mass is 10.1. The van der Waals surface area contributed by atoms with Gasteiger partial charge in [0, 0.05) is 16.7 Å². The third kappa shape index (κ3) is 5.09. The van der Waals surface area contributed by atoms with Gasteiger partial charge in [0.15, 0.2) is 5.11 Å². The number of hydrogen-bond acceptors (Lipinski definition) is 2. The van der Waals surface area contributed by atoms with Crippen molar-refractivity contribution >= 4 is 38.9 Å². The van der Waals surface area contributed by atoms with Gasteiger partial charge in [-0.2, -0.15) is 0 Å². The van der Waals surface area contributed by atoms with Crippen LogP contribution in [0.1, 0.15) is 11.6 Å². The Bertz CT molecular complexity index is 616. The van der Waals surface area contributed by atoms with E-state index >= 15 is 0 Å². The van der Waals surface area contributed by atoms with E-state index in [1.54, 1.807) is 0 Å². The maximum atomic E-state index is 5.38. The van der Waals surface area contributed by atoms with Gasteiger partial charge in [0.25, 0.3) is 0 Å². The summed E-state index contributed by atoms with van der Waals surface area (Å²) >= 11 is 8.83. The lowest BCUT2D eigenvalue weighted by molar-refractivity contribution is 0.299. The first-order valence-corrected chi connectivity index (χ1v) is 8.28. The Labute approximate surface area is 145 Å². The molecular formula is C17H20BrN3S. The minimum atomic E-state index is 0.267. The summed E-state index contributed by atoms with van der Waals surface area (Å²) in [5.74, 6) is 0. The average molecular weight is 378 g/mol. The van der Waals surface area contributed by atoms with Gasteiger partial charge in [0.1, 0.15) is 0 Å². The van der Waals surface area contributed by atoms with Crippen LogP contribution in [0.25, 0.3) is 0 Å². The first kappa shape index (κ1) is 16.9. The van der Waals surface area contributed by atoms with Gasteiger partial charge in [-0.1, -0.05) is 52.3 Å². The van der Waals surface area contributed by atoms with Crippen LogP contribution >= 0.6 is 28.1 Å². The highest BCUT2D eigenvalue weighted by Gasteiger charge is 2.13. The topological polar surface area (TPSA) is 27.3 Å². The lowest BCUT2D eigenvalue weighted by Gasteiger charge is -2.25. The van der Waals surface area contributed by atoms with Crippen LogP contribution in [0.3, 0.4) is 0 Å². The molecule has 0 fully saturated rings. The molecule has 5 heteroatoms. The molecule has 2 rings (SSSR count). The van der Waals surface area contributed by atoms with E-state index in [0.29, 0.717) is 5.11 Å². The first-order valence-electron chi connectivity index (χ1n) is 7.08. The number of benzene rings is 2. The molecule has 0 radical (unpaired) electrons. The van der Waals surface area contributed by atoms with E-state index in [4.69, 9.17) is 12.2 Å². The van der Waals surface area contributed by atoms with Gasteiger partial charge < -0.3 is 15.5 Å². The van der Waals surface area contributed by atoms with Crippen molar-refractivity contribution in [2.24, 2.45) is 0 Å². The SMILES string of the molecule is CN(C)[C@H](CNC(=S)Nc1cccc(Br)c1)c1ccccc1. The summed E-state index contributed by atoms with van der Waals surface area (Å²) in [5.41, 5.74) is 2.23. The van der Waals surface area contributed by atoms with Crippen LogP contribution in [-0.4, -0.2) is 30.7 Å². The second kappa shape index (κ2) is 8.27. The highest BCUT2D eigenvalue weighted by atomic mass is 79.9. The second-order valence-corrected chi connectivity index (χ2v) is 6.56. The Morgan fingerprint density at radius 2 is 1.86 bits per heavy atom. The largest absolute Gasteiger partial charge is 0.361 e. The van der Waals surface area contributed by atoms with Gasteiger partial charge in [-0.25, -0.2) is 0 Å². The highest BCUT2D eigenvalue weighted by molar-refractivity contribution is 9.10. The third-order valence-corrected chi connectivity index (χ3v) is 4.09. The molecule has 0 aliphatic carbocycles. The van der Waals surface area contributed by atoms with Crippen molar-refractivity contribution < 1.29 is 0 Å². The summed E-state index contributed by atoms with van der Waals surface area (Å²) in [6.45, 7) is 0.747. The summed E-state index contributed by atoms with van der Waals surface area (Å²) < 4.78 is 1.02. The summed E-state index contributed by atoms with van der Waals surface area (Å²) in [6.07, 6.45) is 0. The molecule has 0 heterocycles. The van der Waals surface area contributed by atoms with Crippen LogP contribution in [0.2, 0.25) is 0 Å². The Balaban J connectivity index is 1.94. The highest BCUT2D eigenvalue weighted by Crippen LogP contribution is 2.17. The van der Waals surface area contributed by atoms with Crippen molar-refractivity contribution in [2.75, 3.05) is 26.0 Å². The van der Waals surface area contributed by atoms with Gasteiger partial charge in [0.05, 0.1) is 6.04 Å².